The quantitative estimate of drug-likeness (QED) is 0.697. The van der Waals surface area contributed by atoms with Gasteiger partial charge in [-0.2, -0.15) is 5.10 Å². The zero-order valence-electron chi connectivity index (χ0n) is 20.7. The van der Waals surface area contributed by atoms with Gasteiger partial charge in [0, 0.05) is 38.9 Å². The van der Waals surface area contributed by atoms with Gasteiger partial charge in [-0.25, -0.2) is 9.48 Å². The maximum absolute atomic E-state index is 12.9. The van der Waals surface area contributed by atoms with Crippen molar-refractivity contribution in [3.63, 3.8) is 0 Å². The maximum Gasteiger partial charge on any atom is 0.410 e. The summed E-state index contributed by atoms with van der Waals surface area (Å²) >= 11 is 0. The van der Waals surface area contributed by atoms with E-state index in [9.17, 15) is 9.59 Å². The van der Waals surface area contributed by atoms with Crippen molar-refractivity contribution in [2.75, 3.05) is 24.6 Å². The van der Waals surface area contributed by atoms with Crippen LogP contribution in [0.2, 0.25) is 0 Å². The van der Waals surface area contributed by atoms with Gasteiger partial charge in [-0.1, -0.05) is 6.92 Å². The molecule has 2 aromatic heterocycles. The summed E-state index contributed by atoms with van der Waals surface area (Å²) in [5.74, 6) is 0. The van der Waals surface area contributed by atoms with Crippen LogP contribution in [0.15, 0.2) is 17.1 Å². The lowest BCUT2D eigenvalue weighted by atomic mass is 10.0. The number of hydrogen-bond donors (Lipinski definition) is 0. The normalized spacial score (nSPS) is 24.4. The molecule has 3 atom stereocenters. The van der Waals surface area contributed by atoms with Crippen molar-refractivity contribution in [1.82, 2.24) is 19.2 Å². The third-order valence-electron chi connectivity index (χ3n) is 6.61. The smallest absolute Gasteiger partial charge is 0.410 e. The Kier molecular flexibility index (Phi) is 6.44. The van der Waals surface area contributed by atoms with Gasteiger partial charge >= 0.3 is 6.09 Å². The molecule has 0 bridgehead atoms. The van der Waals surface area contributed by atoms with E-state index in [1.165, 1.54) is 0 Å². The minimum Gasteiger partial charge on any atom is -0.444 e. The molecule has 2 saturated heterocycles. The molecule has 2 aliphatic rings. The van der Waals surface area contributed by atoms with Crippen molar-refractivity contribution in [2.24, 2.45) is 7.05 Å². The summed E-state index contributed by atoms with van der Waals surface area (Å²) in [6.07, 6.45) is 5.43. The molecule has 2 aliphatic heterocycles. The van der Waals surface area contributed by atoms with E-state index < -0.39 is 5.60 Å². The average molecular weight is 460 g/mol. The van der Waals surface area contributed by atoms with Gasteiger partial charge in [0.1, 0.15) is 17.3 Å². The highest BCUT2D eigenvalue weighted by atomic mass is 16.6. The van der Waals surface area contributed by atoms with E-state index in [0.717, 1.165) is 49.0 Å². The lowest BCUT2D eigenvalue weighted by Gasteiger charge is -2.46. The van der Waals surface area contributed by atoms with Crippen LogP contribution < -0.4 is 10.5 Å². The van der Waals surface area contributed by atoms with E-state index >= 15 is 0 Å². The fourth-order valence-corrected chi connectivity index (χ4v) is 4.78. The Morgan fingerprint density at radius 3 is 2.67 bits per heavy atom. The number of carbonyl (C=O) groups is 1. The van der Waals surface area contributed by atoms with Gasteiger partial charge in [0.2, 0.25) is 0 Å². The standard InChI is InChI=1S/C24H37N5O4/c1-7-17-14-27(16(2)13-28(17)23(31)33-24(3,4)5)18-12-20(30)26(6)19-15-29(25-22(18)19)21-10-8-9-11-32-21/h12,15-17,21H,7-11,13-14H2,1-6H3/t16-,17+,21?/m0/s1. The number of aryl methyl sites for hydroxylation is 1. The zero-order valence-corrected chi connectivity index (χ0v) is 20.7. The highest BCUT2D eigenvalue weighted by Crippen LogP contribution is 2.32. The van der Waals surface area contributed by atoms with Crippen LogP contribution in [0.4, 0.5) is 10.5 Å². The molecule has 0 radical (unpaired) electrons. The Morgan fingerprint density at radius 1 is 1.27 bits per heavy atom. The second-order valence-electron chi connectivity index (χ2n) is 10.3. The van der Waals surface area contributed by atoms with E-state index in [2.05, 4.69) is 18.7 Å². The number of nitrogens with zero attached hydrogens (tertiary/aromatic N) is 5. The number of carbonyl (C=O) groups excluding carboxylic acids is 1. The van der Waals surface area contributed by atoms with Crippen LogP contribution in [0.25, 0.3) is 11.0 Å². The third-order valence-corrected chi connectivity index (χ3v) is 6.61. The molecule has 0 aromatic carbocycles. The van der Waals surface area contributed by atoms with Crippen molar-refractivity contribution in [2.45, 2.75) is 84.2 Å². The minimum atomic E-state index is -0.540. The summed E-state index contributed by atoms with van der Waals surface area (Å²) < 4.78 is 15.1. The maximum atomic E-state index is 12.9. The summed E-state index contributed by atoms with van der Waals surface area (Å²) in [5.41, 5.74) is 1.79. The van der Waals surface area contributed by atoms with E-state index in [1.54, 1.807) is 17.7 Å². The predicted octanol–water partition coefficient (Wildman–Crippen LogP) is 3.66. The molecule has 9 nitrogen and oxygen atoms in total. The number of anilines is 1. The molecule has 182 valence electrons. The lowest BCUT2D eigenvalue weighted by Crippen LogP contribution is -2.59. The monoisotopic (exact) mass is 459 g/mol. The molecule has 4 heterocycles. The molecule has 4 rings (SSSR count). The fourth-order valence-electron chi connectivity index (χ4n) is 4.78. The highest BCUT2D eigenvalue weighted by Gasteiger charge is 2.37. The number of pyridine rings is 1. The molecule has 1 unspecified atom stereocenters. The van der Waals surface area contributed by atoms with Crippen LogP contribution in [0.3, 0.4) is 0 Å². The second-order valence-corrected chi connectivity index (χ2v) is 10.3. The lowest BCUT2D eigenvalue weighted by molar-refractivity contribution is -0.0391. The number of piperazine rings is 1. The topological polar surface area (TPSA) is 81.8 Å². The molecule has 2 fully saturated rings. The van der Waals surface area contributed by atoms with Crippen molar-refractivity contribution in [3.8, 4) is 0 Å². The molecule has 0 N–H and O–H groups in total. The first-order chi connectivity index (χ1) is 15.6. The summed E-state index contributed by atoms with van der Waals surface area (Å²) in [6, 6.07) is 1.67. The third kappa shape index (κ3) is 4.74. The minimum absolute atomic E-state index is 0.00621. The van der Waals surface area contributed by atoms with Crippen molar-refractivity contribution in [1.29, 1.82) is 0 Å². The van der Waals surface area contributed by atoms with Crippen LogP contribution in [0.5, 0.6) is 0 Å². The molecule has 9 heteroatoms. The summed E-state index contributed by atoms with van der Waals surface area (Å²) in [6.45, 7) is 11.7. The Labute approximate surface area is 195 Å². The van der Waals surface area contributed by atoms with Gasteiger partial charge in [-0.3, -0.25) is 4.79 Å². The Hall–Kier alpha value is -2.55. The molecule has 0 saturated carbocycles. The van der Waals surface area contributed by atoms with Gasteiger partial charge in [-0.05, 0) is 53.4 Å². The SMILES string of the molecule is CC[C@@H]1CN(c2cc(=O)n(C)c3cn(C4CCCCO4)nc23)[C@@H](C)CN1C(=O)OC(C)(C)C. The van der Waals surface area contributed by atoms with Gasteiger partial charge in [-0.15, -0.1) is 0 Å². The van der Waals surface area contributed by atoms with Crippen molar-refractivity contribution < 1.29 is 14.3 Å². The zero-order chi connectivity index (χ0) is 23.9. The second kappa shape index (κ2) is 9.00. The first kappa shape index (κ1) is 23.6. The van der Waals surface area contributed by atoms with Gasteiger partial charge in [0.25, 0.3) is 5.56 Å². The molecule has 1 amide bonds. The van der Waals surface area contributed by atoms with Crippen LogP contribution >= 0.6 is 0 Å². The summed E-state index contributed by atoms with van der Waals surface area (Å²) in [4.78, 5) is 29.8. The van der Waals surface area contributed by atoms with E-state index in [1.807, 2.05) is 36.5 Å². The largest absolute Gasteiger partial charge is 0.444 e. The number of ether oxygens (including phenoxy) is 2. The summed E-state index contributed by atoms with van der Waals surface area (Å²) in [7, 11) is 1.78. The number of rotatable bonds is 3. The number of fused-ring (bicyclic) bond motifs is 1. The van der Waals surface area contributed by atoms with Crippen LogP contribution in [-0.4, -0.2) is 62.7 Å². The van der Waals surface area contributed by atoms with Gasteiger partial charge in [0.05, 0.1) is 23.4 Å². The molecule has 2 aromatic rings. The molecule has 0 spiro atoms. The number of aromatic nitrogens is 3. The molecule has 0 aliphatic carbocycles. The molecular weight excluding hydrogens is 422 g/mol. The van der Waals surface area contributed by atoms with Crippen molar-refractivity contribution >= 4 is 22.8 Å². The Bertz CT molecular complexity index is 1060. The Balaban J connectivity index is 1.68. The molecule has 33 heavy (non-hydrogen) atoms. The van der Waals surface area contributed by atoms with Crippen LogP contribution in [0, 0.1) is 0 Å². The Morgan fingerprint density at radius 2 is 2.03 bits per heavy atom. The van der Waals surface area contributed by atoms with Gasteiger partial charge < -0.3 is 23.8 Å². The van der Waals surface area contributed by atoms with Crippen LogP contribution in [0.1, 0.15) is 66.5 Å². The van der Waals surface area contributed by atoms with E-state index in [4.69, 9.17) is 14.6 Å². The van der Waals surface area contributed by atoms with E-state index in [0.29, 0.717) is 13.1 Å². The first-order valence-electron chi connectivity index (χ1n) is 12.1. The van der Waals surface area contributed by atoms with Gasteiger partial charge in [0.15, 0.2) is 0 Å². The van der Waals surface area contributed by atoms with Crippen molar-refractivity contribution in [3.05, 3.63) is 22.6 Å². The number of hydrogen-bond acceptors (Lipinski definition) is 6. The summed E-state index contributed by atoms with van der Waals surface area (Å²) in [5, 5.41) is 4.89. The highest BCUT2D eigenvalue weighted by molar-refractivity contribution is 5.88. The average Bonchev–Trinajstić information content (AvgIpc) is 3.21. The molecular formula is C24H37N5O4. The number of amides is 1. The van der Waals surface area contributed by atoms with E-state index in [-0.39, 0.29) is 30.0 Å². The fraction of sp³-hybridized carbons (Fsp3) is 0.708. The van der Waals surface area contributed by atoms with Crippen LogP contribution in [-0.2, 0) is 16.5 Å². The first-order valence-corrected chi connectivity index (χ1v) is 12.1. The predicted molar refractivity (Wildman–Crippen MR) is 128 cm³/mol.